The highest BCUT2D eigenvalue weighted by Gasteiger charge is 2.48. The van der Waals surface area contributed by atoms with Crippen LogP contribution in [0.25, 0.3) is 0 Å². The molecule has 0 spiro atoms. The lowest BCUT2D eigenvalue weighted by Gasteiger charge is -2.29. The summed E-state index contributed by atoms with van der Waals surface area (Å²) in [6.45, 7) is 0.00547. The first-order valence-electron chi connectivity index (χ1n) is 11.8. The average Bonchev–Trinajstić information content (AvgIpc) is 3.56. The van der Waals surface area contributed by atoms with Gasteiger partial charge in [-0.05, 0) is 47.6 Å². The molecule has 2 fully saturated rings. The molecule has 2 saturated heterocycles. The highest BCUT2D eigenvalue weighted by atomic mass is 32.2. The lowest BCUT2D eigenvalue weighted by Crippen LogP contribution is -2.38. The smallest absolute Gasteiger partial charge is 0.210 e. The van der Waals surface area contributed by atoms with E-state index in [4.69, 9.17) is 18.9 Å². The van der Waals surface area contributed by atoms with Crippen LogP contribution < -0.4 is 0 Å². The van der Waals surface area contributed by atoms with E-state index in [1.165, 1.54) is 12.2 Å². The van der Waals surface area contributed by atoms with E-state index in [0.29, 0.717) is 0 Å². The summed E-state index contributed by atoms with van der Waals surface area (Å²) in [4.78, 5) is 9.39. The fourth-order valence-electron chi connectivity index (χ4n) is 4.47. The molecule has 2 aliphatic heterocycles. The van der Waals surface area contributed by atoms with Crippen molar-refractivity contribution in [3.05, 3.63) is 118 Å². The van der Waals surface area contributed by atoms with E-state index < -0.39 is 33.5 Å². The second-order valence-electron chi connectivity index (χ2n) is 8.85. The number of sulfone groups is 1. The zero-order valence-electron chi connectivity index (χ0n) is 19.7. The molecule has 2 aliphatic carbocycles. The summed E-state index contributed by atoms with van der Waals surface area (Å²) in [5, 5.41) is 0. The van der Waals surface area contributed by atoms with Gasteiger partial charge in [-0.2, -0.15) is 0 Å². The number of allylic oxidation sites excluding steroid dienone is 2. The van der Waals surface area contributed by atoms with Gasteiger partial charge in [0.1, 0.15) is 12.2 Å². The van der Waals surface area contributed by atoms with Crippen molar-refractivity contribution in [2.24, 2.45) is 9.98 Å². The molecule has 8 nitrogen and oxygen atoms in total. The summed E-state index contributed by atoms with van der Waals surface area (Å²) in [5.41, 5.74) is -0.432. The van der Waals surface area contributed by atoms with Crippen molar-refractivity contribution in [1.82, 2.24) is 0 Å². The topological polar surface area (TPSA) is 95.8 Å². The van der Waals surface area contributed by atoms with Crippen molar-refractivity contribution < 1.29 is 27.4 Å². The Morgan fingerprint density at radius 1 is 0.703 bits per heavy atom. The van der Waals surface area contributed by atoms with Crippen LogP contribution >= 0.6 is 0 Å². The molecule has 9 heteroatoms. The maximum Gasteiger partial charge on any atom is 0.210 e. The van der Waals surface area contributed by atoms with Crippen molar-refractivity contribution in [1.29, 1.82) is 0 Å². The van der Waals surface area contributed by atoms with Crippen molar-refractivity contribution >= 4 is 22.3 Å². The van der Waals surface area contributed by atoms with Gasteiger partial charge in [-0.1, -0.05) is 60.7 Å². The molecular weight excluding hydrogens is 492 g/mol. The van der Waals surface area contributed by atoms with Gasteiger partial charge in [0.25, 0.3) is 0 Å². The van der Waals surface area contributed by atoms with Crippen LogP contribution in [-0.4, -0.2) is 58.1 Å². The number of rotatable bonds is 6. The molecule has 0 bridgehead atoms. The third kappa shape index (κ3) is 4.45. The molecule has 4 atom stereocenters. The predicted octanol–water partition coefficient (Wildman–Crippen LogP) is 3.69. The van der Waals surface area contributed by atoms with Crippen LogP contribution in [0.1, 0.15) is 11.1 Å². The monoisotopic (exact) mass is 516 g/mol. The van der Waals surface area contributed by atoms with Gasteiger partial charge in [0.2, 0.25) is 21.3 Å². The first-order chi connectivity index (χ1) is 18.0. The summed E-state index contributed by atoms with van der Waals surface area (Å²) >= 11 is 0. The van der Waals surface area contributed by atoms with Crippen LogP contribution in [0.5, 0.6) is 0 Å². The van der Waals surface area contributed by atoms with Crippen LogP contribution in [0, 0.1) is 0 Å². The van der Waals surface area contributed by atoms with E-state index >= 15 is 0 Å². The van der Waals surface area contributed by atoms with E-state index in [9.17, 15) is 8.42 Å². The van der Waals surface area contributed by atoms with Crippen LogP contribution in [0.3, 0.4) is 0 Å². The Bertz CT molecular complexity index is 1360. The van der Waals surface area contributed by atoms with Crippen molar-refractivity contribution in [2.75, 3.05) is 13.6 Å². The van der Waals surface area contributed by atoms with Gasteiger partial charge in [-0.25, -0.2) is 8.42 Å². The minimum atomic E-state index is -3.88. The Labute approximate surface area is 214 Å². The Morgan fingerprint density at radius 2 is 1.14 bits per heavy atom. The van der Waals surface area contributed by atoms with Crippen molar-refractivity contribution in [3.63, 3.8) is 0 Å². The molecule has 2 aromatic rings. The second kappa shape index (κ2) is 9.44. The maximum absolute atomic E-state index is 13.6. The largest absolute Gasteiger partial charge is 0.342 e. The van der Waals surface area contributed by atoms with E-state index in [2.05, 4.69) is 9.98 Å². The molecule has 4 unspecified atom stereocenters. The van der Waals surface area contributed by atoms with Gasteiger partial charge in [0, 0.05) is 12.4 Å². The van der Waals surface area contributed by atoms with E-state index in [1.807, 2.05) is 60.7 Å². The van der Waals surface area contributed by atoms with Gasteiger partial charge < -0.3 is 18.9 Å². The summed E-state index contributed by atoms with van der Waals surface area (Å²) in [6.07, 6.45) is 11.4. The molecule has 0 radical (unpaired) electrons. The maximum atomic E-state index is 13.6. The summed E-state index contributed by atoms with van der Waals surface area (Å²) in [6, 6.07) is 19.2. The molecule has 0 N–H and O–H groups in total. The minimum Gasteiger partial charge on any atom is -0.342 e. The van der Waals surface area contributed by atoms with E-state index in [0.717, 1.165) is 11.1 Å². The van der Waals surface area contributed by atoms with Crippen molar-refractivity contribution in [2.45, 2.75) is 23.7 Å². The zero-order chi connectivity index (χ0) is 25.3. The third-order valence-corrected chi connectivity index (χ3v) is 8.33. The van der Waals surface area contributed by atoms with Crippen LogP contribution in [0.4, 0.5) is 0 Å². The highest BCUT2D eigenvalue weighted by molar-refractivity contribution is 7.99. The second-order valence-corrected chi connectivity index (χ2v) is 10.8. The SMILES string of the molecule is O=S(=O)(C1=CC2OCOC2(N=Cc2ccccc2)C=C1)C1=CC2OCOC2(N=Cc2ccccc2)C=C1. The molecule has 4 aliphatic rings. The fourth-order valence-corrected chi connectivity index (χ4v) is 5.84. The summed E-state index contributed by atoms with van der Waals surface area (Å²) in [5.74, 6) is 0. The van der Waals surface area contributed by atoms with Crippen LogP contribution in [0.2, 0.25) is 0 Å². The molecular formula is C28H24N2O6S. The molecule has 37 heavy (non-hydrogen) atoms. The van der Waals surface area contributed by atoms with Crippen LogP contribution in [-0.2, 0) is 28.8 Å². The molecule has 0 amide bonds. The Morgan fingerprint density at radius 3 is 1.57 bits per heavy atom. The van der Waals surface area contributed by atoms with Gasteiger partial charge in [-0.15, -0.1) is 0 Å². The van der Waals surface area contributed by atoms with Crippen molar-refractivity contribution in [3.8, 4) is 0 Å². The molecule has 188 valence electrons. The Kier molecular flexibility index (Phi) is 6.10. The van der Waals surface area contributed by atoms with Gasteiger partial charge in [-0.3, -0.25) is 9.98 Å². The number of benzene rings is 2. The summed E-state index contributed by atoms with van der Waals surface area (Å²) in [7, 11) is -3.88. The molecule has 2 heterocycles. The zero-order valence-corrected chi connectivity index (χ0v) is 20.5. The molecule has 6 rings (SSSR count). The predicted molar refractivity (Wildman–Crippen MR) is 139 cm³/mol. The fraction of sp³-hybridized carbons (Fsp3) is 0.214. The quantitative estimate of drug-likeness (QED) is 0.544. The molecule has 2 aromatic carbocycles. The first kappa shape index (κ1) is 23.9. The number of nitrogens with zero attached hydrogens (tertiary/aromatic N) is 2. The molecule has 0 aromatic heterocycles. The normalized spacial score (nSPS) is 30.9. The number of hydrogen-bond donors (Lipinski definition) is 0. The lowest BCUT2D eigenvalue weighted by atomic mass is 10.0. The number of aliphatic imine (C=N–C) groups is 2. The van der Waals surface area contributed by atoms with Crippen LogP contribution in [0.15, 0.2) is 117 Å². The lowest BCUT2D eigenvalue weighted by molar-refractivity contribution is 0.0212. The first-order valence-corrected chi connectivity index (χ1v) is 13.3. The van der Waals surface area contributed by atoms with E-state index in [-0.39, 0.29) is 23.4 Å². The van der Waals surface area contributed by atoms with E-state index in [1.54, 1.807) is 36.7 Å². The highest BCUT2D eigenvalue weighted by Crippen LogP contribution is 2.40. The van der Waals surface area contributed by atoms with Gasteiger partial charge in [0.15, 0.2) is 13.6 Å². The minimum absolute atomic E-state index is 0.00273. The molecule has 0 saturated carbocycles. The van der Waals surface area contributed by atoms with Gasteiger partial charge in [0.05, 0.1) is 9.81 Å². The number of ether oxygens (including phenoxy) is 4. The number of hydrogen-bond acceptors (Lipinski definition) is 8. The summed E-state index contributed by atoms with van der Waals surface area (Å²) < 4.78 is 50.1. The van der Waals surface area contributed by atoms with Gasteiger partial charge >= 0.3 is 0 Å². The Balaban J connectivity index is 1.24. The average molecular weight is 517 g/mol. The number of fused-ring (bicyclic) bond motifs is 2. The Hall–Kier alpha value is -3.47. The third-order valence-electron chi connectivity index (χ3n) is 6.55. The standard InChI is InChI=1S/C28H24N2O6S/c31-37(32,23-11-13-27(25(15-23)33-19-35-27)29-17-21-7-3-1-4-8-21)24-12-14-28(26(16-24)34-20-36-28)30-18-22-9-5-2-6-10-22/h1-18,25-26H,19-20H2.